The molecule has 0 saturated carbocycles. The molecule has 0 saturated heterocycles. The zero-order valence-corrected chi connectivity index (χ0v) is 10.1. The Bertz CT molecular complexity index is 631. The van der Waals surface area contributed by atoms with E-state index in [9.17, 15) is 9.59 Å². The van der Waals surface area contributed by atoms with Crippen LogP contribution in [0.5, 0.6) is 0 Å². The third-order valence-electron chi connectivity index (χ3n) is 2.55. The fraction of sp³-hybridized carbons (Fsp3) is 0.167. The first-order valence-electron chi connectivity index (χ1n) is 5.44. The van der Waals surface area contributed by atoms with Gasteiger partial charge in [0.1, 0.15) is 12.2 Å². The second-order valence-electron chi connectivity index (χ2n) is 4.01. The molecule has 2 N–H and O–H groups in total. The molecule has 2 aromatic rings. The number of benzene rings is 1. The van der Waals surface area contributed by atoms with Crippen LogP contribution in [0.1, 0.15) is 16.1 Å². The van der Waals surface area contributed by atoms with Crippen molar-refractivity contribution in [3.63, 3.8) is 0 Å². The third-order valence-corrected chi connectivity index (χ3v) is 2.55. The molecule has 0 aliphatic carbocycles. The van der Waals surface area contributed by atoms with Crippen molar-refractivity contribution < 1.29 is 19.8 Å². The van der Waals surface area contributed by atoms with Crippen LogP contribution in [0.25, 0.3) is 11.3 Å². The van der Waals surface area contributed by atoms with Gasteiger partial charge in [0, 0.05) is 5.56 Å². The molecule has 1 heterocycles. The summed E-state index contributed by atoms with van der Waals surface area (Å²) in [7, 11) is 0. The normalized spacial score (nSPS) is 10.4. The number of aliphatic carboxylic acids is 1. The van der Waals surface area contributed by atoms with Crippen molar-refractivity contribution in [2.45, 2.75) is 13.5 Å². The molecule has 1 aromatic carbocycles. The Morgan fingerprint density at radius 3 is 2.37 bits per heavy atom. The van der Waals surface area contributed by atoms with Crippen molar-refractivity contribution in [2.75, 3.05) is 0 Å². The Balaban J connectivity index is 2.57. The summed E-state index contributed by atoms with van der Waals surface area (Å²) in [6, 6.07) is 7.02. The minimum absolute atomic E-state index is 0.190. The number of aromatic nitrogens is 3. The second-order valence-corrected chi connectivity index (χ2v) is 4.01. The zero-order valence-electron chi connectivity index (χ0n) is 10.1. The Hall–Kier alpha value is -2.70. The van der Waals surface area contributed by atoms with E-state index in [1.165, 1.54) is 0 Å². The van der Waals surface area contributed by atoms with Crippen LogP contribution in [0, 0.1) is 6.92 Å². The van der Waals surface area contributed by atoms with E-state index in [0.29, 0.717) is 5.56 Å². The van der Waals surface area contributed by atoms with E-state index < -0.39 is 18.5 Å². The minimum Gasteiger partial charge on any atom is -0.480 e. The molecule has 1 aromatic heterocycles. The fourth-order valence-electron chi connectivity index (χ4n) is 1.69. The average Bonchev–Trinajstić information content (AvgIpc) is 2.73. The van der Waals surface area contributed by atoms with Gasteiger partial charge in [-0.2, -0.15) is 0 Å². The van der Waals surface area contributed by atoms with Crippen LogP contribution in [0.4, 0.5) is 0 Å². The van der Waals surface area contributed by atoms with Gasteiger partial charge in [0.15, 0.2) is 5.69 Å². The number of rotatable bonds is 4. The summed E-state index contributed by atoms with van der Waals surface area (Å²) in [6.07, 6.45) is 0. The van der Waals surface area contributed by atoms with Crippen molar-refractivity contribution >= 4 is 11.9 Å². The Kier molecular flexibility index (Phi) is 3.28. The van der Waals surface area contributed by atoms with Gasteiger partial charge in [0.2, 0.25) is 0 Å². The number of carboxylic acid groups (broad SMARTS) is 2. The molecular formula is C12H11N3O4. The highest BCUT2D eigenvalue weighted by atomic mass is 16.4. The van der Waals surface area contributed by atoms with Crippen molar-refractivity contribution in [3.05, 3.63) is 35.5 Å². The van der Waals surface area contributed by atoms with E-state index in [-0.39, 0.29) is 11.4 Å². The molecule has 0 spiro atoms. The Morgan fingerprint density at radius 1 is 1.21 bits per heavy atom. The maximum Gasteiger partial charge on any atom is 0.358 e. The van der Waals surface area contributed by atoms with E-state index in [2.05, 4.69) is 10.3 Å². The van der Waals surface area contributed by atoms with Crippen molar-refractivity contribution in [1.29, 1.82) is 0 Å². The van der Waals surface area contributed by atoms with Gasteiger partial charge in [-0.1, -0.05) is 35.0 Å². The highest BCUT2D eigenvalue weighted by Gasteiger charge is 2.21. The summed E-state index contributed by atoms with van der Waals surface area (Å²) in [5.41, 5.74) is 1.51. The highest BCUT2D eigenvalue weighted by Crippen LogP contribution is 2.22. The summed E-state index contributed by atoms with van der Waals surface area (Å²) in [5.74, 6) is -2.36. The van der Waals surface area contributed by atoms with E-state index in [1.54, 1.807) is 24.3 Å². The van der Waals surface area contributed by atoms with Crippen molar-refractivity contribution in [2.24, 2.45) is 0 Å². The molecule has 0 unspecified atom stereocenters. The predicted octanol–water partition coefficient (Wildman–Crippen LogP) is 1.04. The lowest BCUT2D eigenvalue weighted by Crippen LogP contribution is -2.12. The fourth-order valence-corrected chi connectivity index (χ4v) is 1.69. The van der Waals surface area contributed by atoms with Gasteiger partial charge < -0.3 is 10.2 Å². The third kappa shape index (κ3) is 2.59. The van der Waals surface area contributed by atoms with Crippen LogP contribution in [-0.2, 0) is 11.3 Å². The lowest BCUT2D eigenvalue weighted by Gasteiger charge is -2.05. The quantitative estimate of drug-likeness (QED) is 0.851. The SMILES string of the molecule is Cc1ccc(-c2c(C(=O)O)nnn2CC(=O)O)cc1. The number of carboxylic acids is 2. The van der Waals surface area contributed by atoms with Crippen molar-refractivity contribution in [1.82, 2.24) is 15.0 Å². The molecule has 7 nitrogen and oxygen atoms in total. The zero-order chi connectivity index (χ0) is 14.0. The molecule has 0 bridgehead atoms. The molecule has 0 atom stereocenters. The first kappa shape index (κ1) is 12.7. The van der Waals surface area contributed by atoms with E-state index in [4.69, 9.17) is 10.2 Å². The lowest BCUT2D eigenvalue weighted by molar-refractivity contribution is -0.137. The van der Waals surface area contributed by atoms with Gasteiger partial charge in [-0.3, -0.25) is 4.79 Å². The minimum atomic E-state index is -1.24. The largest absolute Gasteiger partial charge is 0.480 e. The smallest absolute Gasteiger partial charge is 0.358 e. The number of aromatic carboxylic acids is 1. The molecule has 2 rings (SSSR count). The monoisotopic (exact) mass is 261 g/mol. The summed E-state index contributed by atoms with van der Waals surface area (Å²) in [5, 5.41) is 25.0. The molecule has 98 valence electrons. The number of aryl methyl sites for hydroxylation is 1. The molecule has 19 heavy (non-hydrogen) atoms. The molecule has 0 radical (unpaired) electrons. The first-order valence-corrected chi connectivity index (χ1v) is 5.44. The first-order chi connectivity index (χ1) is 8.99. The van der Waals surface area contributed by atoms with Crippen LogP contribution < -0.4 is 0 Å². The molecule has 0 fully saturated rings. The Labute approximate surface area is 108 Å². The number of carbonyl (C=O) groups is 2. The maximum absolute atomic E-state index is 11.1. The van der Waals surface area contributed by atoms with Gasteiger partial charge in [0.25, 0.3) is 0 Å². The van der Waals surface area contributed by atoms with Crippen molar-refractivity contribution in [3.8, 4) is 11.3 Å². The number of nitrogens with zero attached hydrogens (tertiary/aromatic N) is 3. The molecule has 0 amide bonds. The maximum atomic E-state index is 11.1. The summed E-state index contributed by atoms with van der Waals surface area (Å²) in [4.78, 5) is 21.8. The predicted molar refractivity (Wildman–Crippen MR) is 64.8 cm³/mol. The summed E-state index contributed by atoms with van der Waals surface area (Å²) >= 11 is 0. The van der Waals surface area contributed by atoms with Crippen LogP contribution in [0.15, 0.2) is 24.3 Å². The highest BCUT2D eigenvalue weighted by molar-refractivity contribution is 5.92. The topological polar surface area (TPSA) is 105 Å². The molecule has 0 aliphatic rings. The van der Waals surface area contributed by atoms with Gasteiger partial charge in [0.05, 0.1) is 0 Å². The average molecular weight is 261 g/mol. The summed E-state index contributed by atoms with van der Waals surface area (Å²) in [6.45, 7) is 1.46. The number of hydrogen-bond acceptors (Lipinski definition) is 4. The Morgan fingerprint density at radius 2 is 1.84 bits per heavy atom. The van der Waals surface area contributed by atoms with E-state index in [0.717, 1.165) is 10.2 Å². The van der Waals surface area contributed by atoms with Crippen LogP contribution in [0.2, 0.25) is 0 Å². The lowest BCUT2D eigenvalue weighted by atomic mass is 10.1. The molecule has 0 aliphatic heterocycles. The summed E-state index contributed by atoms with van der Waals surface area (Å²) < 4.78 is 1.07. The van der Waals surface area contributed by atoms with Crippen LogP contribution >= 0.6 is 0 Å². The van der Waals surface area contributed by atoms with Crippen LogP contribution in [0.3, 0.4) is 0 Å². The van der Waals surface area contributed by atoms with Gasteiger partial charge >= 0.3 is 11.9 Å². The van der Waals surface area contributed by atoms with Gasteiger partial charge in [-0.15, -0.1) is 5.10 Å². The second kappa shape index (κ2) is 4.89. The van der Waals surface area contributed by atoms with Gasteiger partial charge in [-0.05, 0) is 6.92 Å². The standard InChI is InChI=1S/C12H11N3O4/c1-7-2-4-8(5-3-7)11-10(12(18)19)13-14-15(11)6-9(16)17/h2-5H,6H2,1H3,(H,16,17)(H,18,19). The van der Waals surface area contributed by atoms with E-state index in [1.807, 2.05) is 6.92 Å². The van der Waals surface area contributed by atoms with E-state index >= 15 is 0 Å². The number of hydrogen-bond donors (Lipinski definition) is 2. The molecule has 7 heteroatoms. The van der Waals surface area contributed by atoms with Crippen LogP contribution in [-0.4, -0.2) is 37.1 Å². The van der Waals surface area contributed by atoms with Gasteiger partial charge in [-0.25, -0.2) is 9.48 Å². The molecular weight excluding hydrogens is 250 g/mol.